The number of hydrogen-bond acceptors (Lipinski definition) is 9. The average Bonchev–Trinajstić information content (AvgIpc) is 0.800. The molecule has 0 aromatic heterocycles. The second-order valence-corrected chi connectivity index (χ2v) is 42.6. The van der Waals surface area contributed by atoms with Gasteiger partial charge in [-0.05, 0) is 220 Å². The molecule has 0 heterocycles. The number of benzene rings is 6. The zero-order chi connectivity index (χ0) is 77.6. The number of alkyl halides is 4. The normalized spacial score (nSPS) is 12.6. The zero-order valence-corrected chi connectivity index (χ0v) is 70.4. The average molecular weight is 1520 g/mol. The first kappa shape index (κ1) is 91.5. The number of Topliss-reactive ketones (excluding diaryl/α,β-unsaturated/α-hetero) is 2. The number of allylic oxidation sites excluding steroid dienone is 2. The number of halogens is 4. The SMILES string of the molecule is CC(F)(F)CCCS.CC/C(=C(/c1ccc(OCC(=O)CCCCCCCO)cc1)c1ccc(O[Si](C(C)C)(C(C)C)C(C)C)cc1)c1ccccc1.CC/C(=C(/c1ccc(OCC(=O)CCCCCCCSCCCC(C)(F)F)cc1)c1ccc(O[Si](C(C)C)(C(C)C)C(C)C)cc1)c1ccccc1. The van der Waals surface area contributed by atoms with Crippen molar-refractivity contribution in [2.45, 2.75) is 271 Å². The van der Waals surface area contributed by atoms with Gasteiger partial charge in [0.2, 0.25) is 11.8 Å². The van der Waals surface area contributed by atoms with E-state index in [0.717, 1.165) is 136 Å². The first-order chi connectivity index (χ1) is 50.0. The fourth-order valence-corrected chi connectivity index (χ4v) is 26.4. The summed E-state index contributed by atoms with van der Waals surface area (Å²) in [4.78, 5) is 25.0. The smallest absolute Gasteiger partial charge is 0.258 e. The number of carbonyl (C=O) groups excluding carboxylic acids is 2. The first-order valence-electron chi connectivity index (χ1n) is 39.2. The fraction of sp³-hybridized carbons (Fsp3) is 0.533. The summed E-state index contributed by atoms with van der Waals surface area (Å²) in [7, 11) is -4.13. The molecule has 6 aromatic rings. The van der Waals surface area contributed by atoms with Crippen LogP contribution in [0.5, 0.6) is 23.0 Å². The van der Waals surface area contributed by atoms with Crippen molar-refractivity contribution in [3.8, 4) is 23.0 Å². The number of thiol groups is 1. The van der Waals surface area contributed by atoms with Crippen LogP contribution in [-0.4, -0.2) is 82.2 Å². The van der Waals surface area contributed by atoms with Crippen molar-refractivity contribution in [3.63, 3.8) is 0 Å². The molecule has 0 saturated carbocycles. The molecule has 0 bridgehead atoms. The molecule has 0 aliphatic heterocycles. The lowest BCUT2D eigenvalue weighted by Gasteiger charge is -2.42. The van der Waals surface area contributed by atoms with E-state index in [1.807, 2.05) is 24.3 Å². The highest BCUT2D eigenvalue weighted by Gasteiger charge is 2.48. The summed E-state index contributed by atoms with van der Waals surface area (Å²) >= 11 is 5.56. The minimum absolute atomic E-state index is 0.0286. The summed E-state index contributed by atoms with van der Waals surface area (Å²) in [5.74, 6) is 0.851. The number of ketones is 2. The molecule has 6 rings (SSSR count). The van der Waals surface area contributed by atoms with Gasteiger partial charge in [0.25, 0.3) is 16.6 Å². The van der Waals surface area contributed by atoms with Crippen LogP contribution in [0, 0.1) is 0 Å². The van der Waals surface area contributed by atoms with Crippen molar-refractivity contribution >= 4 is 74.9 Å². The van der Waals surface area contributed by atoms with Gasteiger partial charge in [0.1, 0.15) is 36.2 Å². The molecule has 0 radical (unpaired) electrons. The summed E-state index contributed by atoms with van der Waals surface area (Å²) in [6, 6.07) is 54.9. The summed E-state index contributed by atoms with van der Waals surface area (Å²) in [5, 5.41) is 8.90. The highest BCUT2D eigenvalue weighted by molar-refractivity contribution is 7.99. The van der Waals surface area contributed by atoms with Crippen molar-refractivity contribution < 1.29 is 50.6 Å². The van der Waals surface area contributed by atoms with Crippen LogP contribution in [0.4, 0.5) is 17.6 Å². The minimum atomic E-state index is -2.55. The van der Waals surface area contributed by atoms with E-state index < -0.39 is 28.5 Å². The van der Waals surface area contributed by atoms with Gasteiger partial charge >= 0.3 is 0 Å². The predicted octanol–water partition coefficient (Wildman–Crippen LogP) is 27.3. The summed E-state index contributed by atoms with van der Waals surface area (Å²) < 4.78 is 75.3. The lowest BCUT2D eigenvalue weighted by Crippen LogP contribution is -2.50. The summed E-state index contributed by atoms with van der Waals surface area (Å²) in [5.41, 5.74) is 14.9. The predicted molar refractivity (Wildman–Crippen MR) is 449 cm³/mol. The molecular weight excluding hydrogens is 1390 g/mol. The Morgan fingerprint density at radius 2 is 0.695 bits per heavy atom. The van der Waals surface area contributed by atoms with E-state index in [1.54, 1.807) is 11.8 Å². The van der Waals surface area contributed by atoms with E-state index in [0.29, 0.717) is 76.2 Å². The molecule has 0 atom stereocenters. The van der Waals surface area contributed by atoms with Crippen LogP contribution in [0.25, 0.3) is 22.3 Å². The van der Waals surface area contributed by atoms with E-state index in [2.05, 4.69) is 243 Å². The number of rotatable bonds is 46. The molecule has 0 spiro atoms. The lowest BCUT2D eigenvalue weighted by atomic mass is 9.88. The lowest BCUT2D eigenvalue weighted by molar-refractivity contribution is -0.121. The van der Waals surface area contributed by atoms with Crippen molar-refractivity contribution in [1.29, 1.82) is 0 Å². The Bertz CT molecular complexity index is 3400. The van der Waals surface area contributed by atoms with Crippen LogP contribution in [0.1, 0.15) is 260 Å². The molecule has 0 saturated heterocycles. The third-order valence-corrected chi connectivity index (χ3v) is 33.4. The van der Waals surface area contributed by atoms with Crippen LogP contribution >= 0.6 is 24.4 Å². The maximum absolute atomic E-state index is 12.9. The molecule has 580 valence electrons. The van der Waals surface area contributed by atoms with Crippen LogP contribution in [0.3, 0.4) is 0 Å². The van der Waals surface area contributed by atoms with E-state index in [4.69, 9.17) is 23.4 Å². The molecule has 15 heteroatoms. The Kier molecular flexibility index (Phi) is 41.7. The van der Waals surface area contributed by atoms with Gasteiger partial charge < -0.3 is 23.4 Å². The number of aliphatic hydroxyl groups excluding tert-OH is 1. The summed E-state index contributed by atoms with van der Waals surface area (Å²) in [6.07, 6.45) is 13.8. The molecule has 6 aromatic carbocycles. The molecule has 0 unspecified atom stereocenters. The zero-order valence-electron chi connectivity index (χ0n) is 66.7. The molecule has 105 heavy (non-hydrogen) atoms. The number of thioether (sulfide) groups is 1. The largest absolute Gasteiger partial charge is 0.543 e. The van der Waals surface area contributed by atoms with Crippen LogP contribution in [-0.2, 0) is 9.59 Å². The number of unbranched alkanes of at least 4 members (excludes halogenated alkanes) is 8. The summed E-state index contributed by atoms with van der Waals surface area (Å²) in [6.45, 7) is 34.6. The van der Waals surface area contributed by atoms with Crippen LogP contribution in [0.2, 0.25) is 33.2 Å². The Hall–Kier alpha value is -5.85. The standard InChI is InChI=1S/C45H64F2O3SSi.C40H56O4Si.C5H10F2S/c1-9-43(37-19-14-13-15-20-37)44(39-24-28-42(29-25-39)50-52(34(2)3,35(4)5)36(6)7)38-22-26-41(27-23-38)49-33-40(48)21-16-11-10-12-17-31-51-32-18-30-45(8,46)47;1-8-39(33-17-13-12-14-18-33)40(35-22-26-38(27-23-35)44-45(30(2)3,31(4)5)32(6)7)34-20-24-37(25-21-34)43-29-36(42)19-15-10-9-11-16-28-41;1-5(6,7)3-2-4-8/h13-15,19-20,22-29,34-36H,9-12,16-18,21,30-33H2,1-8H3;12-14,17-18,20-27,30-32,41H,8-11,15-16,19,28-29H2,1-7H3;8H,2-4H2,1H3/b44-43+;40-39+;. The monoisotopic (exact) mass is 1520 g/mol. The Morgan fingerprint density at radius 3 is 0.990 bits per heavy atom. The van der Waals surface area contributed by atoms with Gasteiger partial charge in [-0.1, -0.05) is 245 Å². The van der Waals surface area contributed by atoms with Gasteiger partial charge in [0.15, 0.2) is 11.6 Å². The Balaban J connectivity index is 0.000000405. The number of aliphatic hydroxyl groups is 1. The second-order valence-electron chi connectivity index (χ2n) is 30.2. The number of hydrogen-bond donors (Lipinski definition) is 2. The molecule has 7 nitrogen and oxygen atoms in total. The van der Waals surface area contributed by atoms with Gasteiger partial charge in [0, 0.05) is 32.3 Å². The third kappa shape index (κ3) is 31.3. The molecule has 1 N–H and O–H groups in total. The molecule has 0 aliphatic carbocycles. The van der Waals surface area contributed by atoms with Crippen molar-refractivity contribution in [1.82, 2.24) is 0 Å². The highest BCUT2D eigenvalue weighted by atomic mass is 32.2. The Morgan fingerprint density at radius 1 is 0.400 bits per heavy atom. The van der Waals surface area contributed by atoms with E-state index in [1.165, 1.54) is 33.4 Å². The first-order valence-corrected chi connectivity index (χ1v) is 45.3. The van der Waals surface area contributed by atoms with Crippen molar-refractivity contribution in [2.24, 2.45) is 0 Å². The second kappa shape index (κ2) is 47.8. The van der Waals surface area contributed by atoms with E-state index in [-0.39, 0.29) is 44.2 Å². The van der Waals surface area contributed by atoms with Crippen molar-refractivity contribution in [3.05, 3.63) is 191 Å². The number of carbonyl (C=O) groups is 2. The maximum atomic E-state index is 12.9. The van der Waals surface area contributed by atoms with Crippen LogP contribution in [0.15, 0.2) is 158 Å². The van der Waals surface area contributed by atoms with Crippen LogP contribution < -0.4 is 18.3 Å². The molecule has 0 aliphatic rings. The third-order valence-electron chi connectivity index (χ3n) is 20.0. The minimum Gasteiger partial charge on any atom is -0.543 e. The van der Waals surface area contributed by atoms with Crippen molar-refractivity contribution in [2.75, 3.05) is 37.1 Å². The van der Waals surface area contributed by atoms with Gasteiger partial charge in [-0.25, -0.2) is 17.6 Å². The molecule has 0 amide bonds. The maximum Gasteiger partial charge on any atom is 0.258 e. The fourth-order valence-electron chi connectivity index (χ4n) is 14.8. The quantitative estimate of drug-likeness (QED) is 0.0128. The van der Waals surface area contributed by atoms with Gasteiger partial charge in [-0.2, -0.15) is 24.4 Å². The number of ether oxygens (including phenoxy) is 2. The topological polar surface area (TPSA) is 91.3 Å². The molecular formula is C90H130F4O7S2Si2. The van der Waals surface area contributed by atoms with Gasteiger partial charge in [-0.3, -0.25) is 9.59 Å². The highest BCUT2D eigenvalue weighted by Crippen LogP contribution is 2.46. The van der Waals surface area contributed by atoms with E-state index in [9.17, 15) is 27.2 Å². The molecule has 0 fully saturated rings. The Labute approximate surface area is 644 Å². The van der Waals surface area contributed by atoms with Gasteiger partial charge in [0.05, 0.1) is 0 Å². The van der Waals surface area contributed by atoms with Gasteiger partial charge in [-0.15, -0.1) is 0 Å². The van der Waals surface area contributed by atoms with E-state index >= 15 is 0 Å².